The molecule has 0 amide bonds. The summed E-state index contributed by atoms with van der Waals surface area (Å²) in [5.74, 6) is 1.53. The van der Waals surface area contributed by atoms with Crippen LogP contribution in [0.2, 0.25) is 0 Å². The maximum atomic E-state index is 6.57. The van der Waals surface area contributed by atoms with Crippen molar-refractivity contribution in [1.29, 1.82) is 0 Å². The van der Waals surface area contributed by atoms with Crippen LogP contribution in [0.15, 0.2) is 0 Å². The van der Waals surface area contributed by atoms with Gasteiger partial charge in [0.25, 0.3) is 0 Å². The van der Waals surface area contributed by atoms with Crippen LogP contribution in [0, 0.1) is 11.8 Å². The van der Waals surface area contributed by atoms with Crippen LogP contribution in [0.25, 0.3) is 0 Å². The van der Waals surface area contributed by atoms with E-state index >= 15 is 0 Å². The molecule has 8 unspecified atom stereocenters. The Bertz CT molecular complexity index is 461. The van der Waals surface area contributed by atoms with Gasteiger partial charge in [-0.3, -0.25) is 0 Å². The molecule has 2 aliphatic carbocycles. The highest BCUT2D eigenvalue weighted by Gasteiger charge is 2.51. The summed E-state index contributed by atoms with van der Waals surface area (Å²) in [5, 5.41) is 7.27. The topological polar surface area (TPSA) is 42.3 Å². The third-order valence-corrected chi connectivity index (χ3v) is 8.59. The molecule has 1 heterocycles. The van der Waals surface area contributed by atoms with Crippen LogP contribution in [-0.2, 0) is 4.74 Å². The first-order chi connectivity index (χ1) is 13.5. The number of hydrogen-bond acceptors (Lipinski definition) is 2. The van der Waals surface area contributed by atoms with Gasteiger partial charge in [-0.1, -0.05) is 0 Å². The highest BCUT2D eigenvalue weighted by molar-refractivity contribution is 6.20. The third kappa shape index (κ3) is 5.63. The van der Waals surface area contributed by atoms with Crippen LogP contribution in [0.4, 0.5) is 0 Å². The van der Waals surface area contributed by atoms with Crippen molar-refractivity contribution in [2.45, 2.75) is 108 Å². The fraction of sp³-hybridized carbons (Fsp3) is 1.00. The predicted molar refractivity (Wildman–Crippen MR) is 117 cm³/mol. The number of alkyl halides is 1. The van der Waals surface area contributed by atoms with Gasteiger partial charge in [0.15, 0.2) is 0 Å². The first-order valence-electron chi connectivity index (χ1n) is 12.2. The number of halogens is 1. The molecular formula is C23H46ClN3O+2. The molecule has 1 aliphatic heterocycles. The Morgan fingerprint density at radius 1 is 1.07 bits per heavy atom. The Hall–Kier alpha value is 0.130. The van der Waals surface area contributed by atoms with Crippen LogP contribution in [0.3, 0.4) is 0 Å². The van der Waals surface area contributed by atoms with E-state index in [0.29, 0.717) is 23.6 Å². The van der Waals surface area contributed by atoms with Gasteiger partial charge in [-0.15, -0.1) is 11.6 Å². The Balaban J connectivity index is 1.62. The average molecular weight is 416 g/mol. The van der Waals surface area contributed by atoms with Crippen molar-refractivity contribution in [2.24, 2.45) is 11.8 Å². The molecule has 0 aromatic heterocycles. The number of quaternary nitrogens is 2. The minimum Gasteiger partial charge on any atom is -0.381 e. The van der Waals surface area contributed by atoms with E-state index in [1.165, 1.54) is 71.0 Å². The van der Waals surface area contributed by atoms with E-state index in [9.17, 15) is 0 Å². The third-order valence-electron chi connectivity index (χ3n) is 8.19. The molecule has 3 aliphatic rings. The first-order valence-corrected chi connectivity index (χ1v) is 12.6. The Kier molecular flexibility index (Phi) is 8.92. The van der Waals surface area contributed by atoms with Gasteiger partial charge in [-0.25, -0.2) is 0 Å². The van der Waals surface area contributed by atoms with Crippen LogP contribution in [0.5, 0.6) is 0 Å². The number of piperidine rings is 1. The van der Waals surface area contributed by atoms with Crippen molar-refractivity contribution >= 4 is 11.6 Å². The molecule has 164 valence electrons. The molecule has 0 aromatic carbocycles. The maximum absolute atomic E-state index is 6.57. The first kappa shape index (κ1) is 22.8. The lowest BCUT2D eigenvalue weighted by molar-refractivity contribution is -0.896. The molecule has 28 heavy (non-hydrogen) atoms. The highest BCUT2D eigenvalue weighted by atomic mass is 35.5. The summed E-state index contributed by atoms with van der Waals surface area (Å²) < 4.78 is 5.80. The van der Waals surface area contributed by atoms with Crippen molar-refractivity contribution in [1.82, 2.24) is 5.32 Å². The van der Waals surface area contributed by atoms with Gasteiger partial charge in [-0.2, -0.15) is 0 Å². The fourth-order valence-electron chi connectivity index (χ4n) is 6.45. The molecule has 0 aromatic rings. The van der Waals surface area contributed by atoms with E-state index in [4.69, 9.17) is 16.3 Å². The zero-order chi connectivity index (χ0) is 20.1. The minimum absolute atomic E-state index is 0.388. The SMILES string of the molecule is CC[NH+](CC)CCCC(C)NC1C2CCC(Cl)CC2[NH2+]C2CCC(OC)CC21. The second kappa shape index (κ2) is 10.9. The van der Waals surface area contributed by atoms with Crippen molar-refractivity contribution in [3.8, 4) is 0 Å². The zero-order valence-corrected chi connectivity index (χ0v) is 19.5. The summed E-state index contributed by atoms with van der Waals surface area (Å²) in [6.07, 6.45) is 10.5. The monoisotopic (exact) mass is 415 g/mol. The Labute approximate surface area is 178 Å². The van der Waals surface area contributed by atoms with Gasteiger partial charge < -0.3 is 20.3 Å². The summed E-state index contributed by atoms with van der Waals surface area (Å²) in [6.45, 7) is 10.9. The molecule has 8 atom stereocenters. The summed E-state index contributed by atoms with van der Waals surface area (Å²) in [7, 11) is 1.90. The number of hydrogen-bond donors (Lipinski definition) is 3. The number of methoxy groups -OCH3 is 1. The van der Waals surface area contributed by atoms with Crippen molar-refractivity contribution < 1.29 is 15.0 Å². The molecule has 1 saturated heterocycles. The van der Waals surface area contributed by atoms with Crippen molar-refractivity contribution in [2.75, 3.05) is 26.7 Å². The Morgan fingerprint density at radius 3 is 2.57 bits per heavy atom. The molecule has 4 N–H and O–H groups in total. The van der Waals surface area contributed by atoms with Crippen molar-refractivity contribution in [3.63, 3.8) is 0 Å². The summed E-state index contributed by atoms with van der Waals surface area (Å²) in [4.78, 5) is 1.73. The molecule has 0 bridgehead atoms. The number of rotatable bonds is 9. The van der Waals surface area contributed by atoms with Gasteiger partial charge in [0, 0.05) is 49.2 Å². The van der Waals surface area contributed by atoms with Gasteiger partial charge in [0.2, 0.25) is 0 Å². The minimum atomic E-state index is 0.388. The fourth-order valence-corrected chi connectivity index (χ4v) is 6.78. The van der Waals surface area contributed by atoms with Gasteiger partial charge in [0.05, 0.1) is 37.8 Å². The molecule has 5 heteroatoms. The number of nitrogens with one attached hydrogen (secondary N) is 2. The maximum Gasteiger partial charge on any atom is 0.0919 e. The van der Waals surface area contributed by atoms with E-state index in [-0.39, 0.29) is 0 Å². The van der Waals surface area contributed by atoms with E-state index in [0.717, 1.165) is 23.9 Å². The van der Waals surface area contributed by atoms with Crippen LogP contribution in [0.1, 0.15) is 72.1 Å². The molecule has 3 rings (SSSR count). The van der Waals surface area contributed by atoms with E-state index in [2.05, 4.69) is 31.4 Å². The largest absolute Gasteiger partial charge is 0.381 e. The normalized spacial score (nSPS) is 39.4. The Morgan fingerprint density at radius 2 is 1.86 bits per heavy atom. The lowest BCUT2D eigenvalue weighted by atomic mass is 9.65. The highest BCUT2D eigenvalue weighted by Crippen LogP contribution is 2.39. The van der Waals surface area contributed by atoms with Crippen LogP contribution < -0.4 is 15.5 Å². The van der Waals surface area contributed by atoms with E-state index in [1.807, 2.05) is 7.11 Å². The van der Waals surface area contributed by atoms with Crippen LogP contribution in [-0.4, -0.2) is 62.4 Å². The predicted octanol–water partition coefficient (Wildman–Crippen LogP) is 1.57. The van der Waals surface area contributed by atoms with Crippen molar-refractivity contribution in [3.05, 3.63) is 0 Å². The summed E-state index contributed by atoms with van der Waals surface area (Å²) in [6, 6.07) is 2.75. The number of fused-ring (bicyclic) bond motifs is 2. The molecule has 0 radical (unpaired) electrons. The van der Waals surface area contributed by atoms with Gasteiger partial charge in [-0.05, 0) is 59.3 Å². The van der Waals surface area contributed by atoms with Gasteiger partial charge >= 0.3 is 0 Å². The molecule has 2 saturated carbocycles. The second-order valence-electron chi connectivity index (χ2n) is 9.87. The van der Waals surface area contributed by atoms with Gasteiger partial charge in [0.1, 0.15) is 0 Å². The molecule has 0 spiro atoms. The van der Waals surface area contributed by atoms with E-state index < -0.39 is 0 Å². The number of ether oxygens (including phenoxy) is 1. The number of nitrogens with two attached hydrogens (primary N) is 1. The molecule has 3 fully saturated rings. The van der Waals surface area contributed by atoms with Crippen LogP contribution >= 0.6 is 11.6 Å². The standard InChI is InChI=1S/C23H44ClN3O/c1-5-27(6-2)13-7-8-16(3)25-23-19-11-9-17(24)14-22(19)26-21-12-10-18(28-4)15-20(21)23/h16-23,25-26H,5-15H2,1-4H3/p+2. The average Bonchev–Trinajstić information content (AvgIpc) is 2.70. The lowest BCUT2D eigenvalue weighted by Crippen LogP contribution is -3.11. The smallest absolute Gasteiger partial charge is 0.0919 e. The van der Waals surface area contributed by atoms with E-state index in [1.54, 1.807) is 4.90 Å². The second-order valence-corrected chi connectivity index (χ2v) is 10.5. The quantitative estimate of drug-likeness (QED) is 0.500. The molecular weight excluding hydrogens is 370 g/mol. The summed E-state index contributed by atoms with van der Waals surface area (Å²) in [5.41, 5.74) is 0. The summed E-state index contributed by atoms with van der Waals surface area (Å²) >= 11 is 6.57. The molecule has 4 nitrogen and oxygen atoms in total. The zero-order valence-electron chi connectivity index (χ0n) is 18.8. The lowest BCUT2D eigenvalue weighted by Gasteiger charge is -2.51.